The number of aryl methyl sites for hydroxylation is 1. The van der Waals surface area contributed by atoms with Gasteiger partial charge >= 0.3 is 0 Å². The van der Waals surface area contributed by atoms with Crippen LogP contribution in [0.25, 0.3) is 6.08 Å². The Hall–Kier alpha value is -2.45. The topological polar surface area (TPSA) is 92.5 Å². The SMILES string of the molecule is Cc1cc(NC(=O)CN(CCC(C)C)S(=O)(=O)/C=C/c2ccccc2)no1. The van der Waals surface area contributed by atoms with Gasteiger partial charge in [-0.2, -0.15) is 4.31 Å². The van der Waals surface area contributed by atoms with E-state index in [0.717, 1.165) is 11.0 Å². The average Bonchev–Trinajstić information content (AvgIpc) is 3.02. The van der Waals surface area contributed by atoms with Gasteiger partial charge in [0.2, 0.25) is 15.9 Å². The molecule has 1 N–H and O–H groups in total. The molecule has 146 valence electrons. The first-order valence-electron chi connectivity index (χ1n) is 8.73. The Kier molecular flexibility index (Phi) is 7.32. The summed E-state index contributed by atoms with van der Waals surface area (Å²) in [6.07, 6.45) is 2.17. The Labute approximate surface area is 160 Å². The van der Waals surface area contributed by atoms with Crippen molar-refractivity contribution < 1.29 is 17.7 Å². The number of hydrogen-bond donors (Lipinski definition) is 1. The van der Waals surface area contributed by atoms with Gasteiger partial charge in [0, 0.05) is 18.0 Å². The van der Waals surface area contributed by atoms with Gasteiger partial charge in [-0.3, -0.25) is 4.79 Å². The molecule has 0 fully saturated rings. The Morgan fingerprint density at radius 1 is 1.30 bits per heavy atom. The maximum Gasteiger partial charge on any atom is 0.240 e. The molecule has 1 aromatic carbocycles. The molecule has 0 aliphatic rings. The van der Waals surface area contributed by atoms with Gasteiger partial charge in [0.15, 0.2) is 5.82 Å². The van der Waals surface area contributed by atoms with E-state index in [0.29, 0.717) is 18.1 Å². The number of carbonyl (C=O) groups is 1. The molecule has 8 heteroatoms. The second-order valence-electron chi connectivity index (χ2n) is 6.65. The first-order chi connectivity index (χ1) is 12.8. The summed E-state index contributed by atoms with van der Waals surface area (Å²) >= 11 is 0. The average molecular weight is 391 g/mol. The van der Waals surface area contributed by atoms with Crippen LogP contribution in [0.1, 0.15) is 31.6 Å². The molecule has 0 aliphatic carbocycles. The maximum atomic E-state index is 12.7. The van der Waals surface area contributed by atoms with Crippen LogP contribution in [-0.4, -0.2) is 36.9 Å². The minimum atomic E-state index is -3.75. The first kappa shape index (κ1) is 20.9. The van der Waals surface area contributed by atoms with Crippen LogP contribution < -0.4 is 5.32 Å². The zero-order chi connectivity index (χ0) is 19.9. The second kappa shape index (κ2) is 9.48. The van der Waals surface area contributed by atoms with Crippen LogP contribution in [-0.2, 0) is 14.8 Å². The van der Waals surface area contributed by atoms with Crippen LogP contribution in [0.5, 0.6) is 0 Å². The summed E-state index contributed by atoms with van der Waals surface area (Å²) in [4.78, 5) is 12.3. The predicted octanol–water partition coefficient (Wildman–Crippen LogP) is 3.27. The molecule has 2 rings (SSSR count). The number of benzene rings is 1. The minimum absolute atomic E-state index is 0.254. The Balaban J connectivity index is 2.11. The summed E-state index contributed by atoms with van der Waals surface area (Å²) in [5.41, 5.74) is 0.771. The number of anilines is 1. The molecule has 1 heterocycles. The lowest BCUT2D eigenvalue weighted by Crippen LogP contribution is -2.38. The molecule has 0 spiro atoms. The van der Waals surface area contributed by atoms with Gasteiger partial charge in [0.25, 0.3) is 0 Å². The van der Waals surface area contributed by atoms with Crippen molar-refractivity contribution in [2.75, 3.05) is 18.4 Å². The van der Waals surface area contributed by atoms with Crippen LogP contribution in [0.2, 0.25) is 0 Å². The minimum Gasteiger partial charge on any atom is -0.360 e. The van der Waals surface area contributed by atoms with Crippen molar-refractivity contribution in [3.8, 4) is 0 Å². The van der Waals surface area contributed by atoms with Gasteiger partial charge in [-0.25, -0.2) is 8.42 Å². The Morgan fingerprint density at radius 2 is 2.00 bits per heavy atom. The largest absolute Gasteiger partial charge is 0.360 e. The van der Waals surface area contributed by atoms with E-state index in [9.17, 15) is 13.2 Å². The van der Waals surface area contributed by atoms with Crippen LogP contribution in [0.3, 0.4) is 0 Å². The van der Waals surface area contributed by atoms with Gasteiger partial charge in [-0.15, -0.1) is 0 Å². The number of amides is 1. The molecule has 0 atom stereocenters. The number of sulfonamides is 1. The summed E-state index contributed by atoms with van der Waals surface area (Å²) in [6.45, 7) is 5.67. The Morgan fingerprint density at radius 3 is 2.59 bits per heavy atom. The van der Waals surface area contributed by atoms with E-state index in [1.165, 1.54) is 10.4 Å². The van der Waals surface area contributed by atoms with E-state index >= 15 is 0 Å². The van der Waals surface area contributed by atoms with Crippen molar-refractivity contribution in [2.45, 2.75) is 27.2 Å². The highest BCUT2D eigenvalue weighted by Crippen LogP contribution is 2.12. The van der Waals surface area contributed by atoms with E-state index in [1.54, 1.807) is 13.0 Å². The zero-order valence-electron chi connectivity index (χ0n) is 15.8. The van der Waals surface area contributed by atoms with Crippen molar-refractivity contribution in [1.29, 1.82) is 0 Å². The third-order valence-corrected chi connectivity index (χ3v) is 5.27. The summed E-state index contributed by atoms with van der Waals surface area (Å²) in [5, 5.41) is 7.37. The molecule has 2 aromatic rings. The summed E-state index contributed by atoms with van der Waals surface area (Å²) in [5.74, 6) is 0.657. The standard InChI is InChI=1S/C19H25N3O4S/c1-15(2)9-11-22(14-19(23)20-18-13-16(3)26-21-18)27(24,25)12-10-17-7-5-4-6-8-17/h4-8,10,12-13,15H,9,11,14H2,1-3H3,(H,20,21,23)/b12-10+. The van der Waals surface area contributed by atoms with Crippen molar-refractivity contribution in [3.63, 3.8) is 0 Å². The molecule has 27 heavy (non-hydrogen) atoms. The van der Waals surface area contributed by atoms with Crippen LogP contribution in [0.15, 0.2) is 46.3 Å². The van der Waals surface area contributed by atoms with Crippen molar-refractivity contribution in [2.24, 2.45) is 5.92 Å². The number of rotatable bonds is 9. The van der Waals surface area contributed by atoms with E-state index in [1.807, 2.05) is 44.2 Å². The van der Waals surface area contributed by atoms with Gasteiger partial charge < -0.3 is 9.84 Å². The van der Waals surface area contributed by atoms with Crippen LogP contribution in [0.4, 0.5) is 5.82 Å². The lowest BCUT2D eigenvalue weighted by atomic mass is 10.1. The molecule has 0 saturated heterocycles. The van der Waals surface area contributed by atoms with E-state index in [-0.39, 0.29) is 18.9 Å². The van der Waals surface area contributed by atoms with Crippen molar-refractivity contribution >= 4 is 27.8 Å². The van der Waals surface area contributed by atoms with Crippen LogP contribution >= 0.6 is 0 Å². The molecule has 0 radical (unpaired) electrons. The second-order valence-corrected chi connectivity index (χ2v) is 8.46. The molecule has 0 aliphatic heterocycles. The number of nitrogens with zero attached hydrogens (tertiary/aromatic N) is 2. The van der Waals surface area contributed by atoms with E-state index in [4.69, 9.17) is 4.52 Å². The third kappa shape index (κ3) is 6.99. The lowest BCUT2D eigenvalue weighted by molar-refractivity contribution is -0.116. The monoisotopic (exact) mass is 391 g/mol. The van der Waals surface area contributed by atoms with Crippen molar-refractivity contribution in [1.82, 2.24) is 9.46 Å². The highest BCUT2D eigenvalue weighted by molar-refractivity contribution is 7.92. The van der Waals surface area contributed by atoms with Gasteiger partial charge in [0.05, 0.1) is 6.54 Å². The molecule has 1 amide bonds. The lowest BCUT2D eigenvalue weighted by Gasteiger charge is -2.20. The van der Waals surface area contributed by atoms with E-state index < -0.39 is 15.9 Å². The first-order valence-corrected chi connectivity index (χ1v) is 10.2. The zero-order valence-corrected chi connectivity index (χ0v) is 16.6. The fraction of sp³-hybridized carbons (Fsp3) is 0.368. The summed E-state index contributed by atoms with van der Waals surface area (Å²) in [6, 6.07) is 10.7. The molecule has 0 saturated carbocycles. The van der Waals surface area contributed by atoms with Crippen molar-refractivity contribution in [3.05, 3.63) is 53.1 Å². The maximum absolute atomic E-state index is 12.7. The molecule has 1 aromatic heterocycles. The molecular formula is C19H25N3O4S. The fourth-order valence-electron chi connectivity index (χ4n) is 2.28. The molecule has 7 nitrogen and oxygen atoms in total. The van der Waals surface area contributed by atoms with Gasteiger partial charge in [0.1, 0.15) is 5.76 Å². The fourth-order valence-corrected chi connectivity index (χ4v) is 3.44. The molecular weight excluding hydrogens is 366 g/mol. The third-order valence-electron chi connectivity index (χ3n) is 3.76. The highest BCUT2D eigenvalue weighted by Gasteiger charge is 2.23. The van der Waals surface area contributed by atoms with Crippen LogP contribution in [0, 0.1) is 12.8 Å². The number of aromatic nitrogens is 1. The quantitative estimate of drug-likeness (QED) is 0.708. The number of nitrogens with one attached hydrogen (secondary N) is 1. The summed E-state index contributed by atoms with van der Waals surface area (Å²) in [7, 11) is -3.75. The smallest absolute Gasteiger partial charge is 0.240 e. The van der Waals surface area contributed by atoms with Gasteiger partial charge in [-0.05, 0) is 30.9 Å². The molecule has 0 unspecified atom stereocenters. The number of hydrogen-bond acceptors (Lipinski definition) is 5. The Bertz CT molecular complexity index is 873. The van der Waals surface area contributed by atoms with E-state index in [2.05, 4.69) is 10.5 Å². The summed E-state index contributed by atoms with van der Waals surface area (Å²) < 4.78 is 31.5. The number of carbonyl (C=O) groups excluding carboxylic acids is 1. The molecule has 0 bridgehead atoms. The predicted molar refractivity (Wildman–Crippen MR) is 105 cm³/mol. The van der Waals surface area contributed by atoms with Gasteiger partial charge in [-0.1, -0.05) is 49.3 Å². The highest BCUT2D eigenvalue weighted by atomic mass is 32.2. The normalized spacial score (nSPS) is 12.2.